The molecule has 0 aliphatic heterocycles. The van der Waals surface area contributed by atoms with Crippen molar-refractivity contribution in [1.82, 2.24) is 15.4 Å². The molecule has 1 aromatic rings. The van der Waals surface area contributed by atoms with Crippen LogP contribution in [-0.2, 0) is 20.1 Å². The summed E-state index contributed by atoms with van der Waals surface area (Å²) in [6, 6.07) is 0. The van der Waals surface area contributed by atoms with Gasteiger partial charge in [-0.15, -0.1) is 11.4 Å². The first-order chi connectivity index (χ1) is 2.50. The van der Waals surface area contributed by atoms with Crippen molar-refractivity contribution >= 4 is 0 Å². The summed E-state index contributed by atoms with van der Waals surface area (Å²) in [6.45, 7) is 0. The van der Waals surface area contributed by atoms with Gasteiger partial charge in [0.15, 0.2) is 0 Å². The predicted octanol–water partition coefficient (Wildman–Crippen LogP) is -0.398. The van der Waals surface area contributed by atoms with E-state index in [1.165, 1.54) is 6.20 Å². The van der Waals surface area contributed by atoms with Crippen molar-refractivity contribution in [2.75, 3.05) is 0 Å². The van der Waals surface area contributed by atoms with Crippen molar-refractivity contribution in [3.05, 3.63) is 12.4 Å². The van der Waals surface area contributed by atoms with E-state index in [4.69, 9.17) is 0 Å². The third kappa shape index (κ3) is 1.29. The van der Waals surface area contributed by atoms with Gasteiger partial charge in [-0.3, -0.25) is 0 Å². The Morgan fingerprint density at radius 3 is 2.67 bits per heavy atom. The van der Waals surface area contributed by atoms with Gasteiger partial charge in [-0.05, 0) is 0 Å². The first kappa shape index (κ1) is 5.79. The van der Waals surface area contributed by atoms with Crippen molar-refractivity contribution in [1.29, 1.82) is 0 Å². The number of nitrogens with one attached hydrogen (secondary N) is 1. The predicted molar refractivity (Wildman–Crippen MR) is 15.2 cm³/mol. The van der Waals surface area contributed by atoms with E-state index in [1.807, 2.05) is 0 Å². The number of hydrogen-bond donors (Lipinski definition) is 1. The summed E-state index contributed by atoms with van der Waals surface area (Å²) < 4.78 is 0. The first-order valence-corrected chi connectivity index (χ1v) is 1.22. The fourth-order valence-corrected chi connectivity index (χ4v) is 0.144. The number of H-pyrrole nitrogens is 1. The average Bonchev–Trinajstić information content (AvgIpc) is 1.76. The van der Waals surface area contributed by atoms with Crippen LogP contribution in [0.4, 0.5) is 0 Å². The van der Waals surface area contributed by atoms with Gasteiger partial charge >= 0.3 is 0 Å². The maximum Gasteiger partial charge on any atom is 0 e. The van der Waals surface area contributed by atoms with Gasteiger partial charge in [0.05, 0.1) is 0 Å². The molecule has 6 heavy (non-hydrogen) atoms. The Labute approximate surface area is 48.5 Å². The Morgan fingerprint density at radius 1 is 1.67 bits per heavy atom. The standard InChI is InChI=1S/C2H2N3.Ir/c1-2-4-5-3-1;/h1H,(H,3,4,5);/q-1;. The van der Waals surface area contributed by atoms with E-state index in [0.29, 0.717) is 0 Å². The Hall–Kier alpha value is -0.211. The summed E-state index contributed by atoms with van der Waals surface area (Å²) in [4.78, 5) is 0. The summed E-state index contributed by atoms with van der Waals surface area (Å²) in [5.41, 5.74) is 0. The molecule has 0 saturated heterocycles. The zero-order valence-corrected chi connectivity index (χ0v) is 5.20. The maximum atomic E-state index is 3.29. The molecule has 1 aromatic heterocycles. The first-order valence-electron chi connectivity index (χ1n) is 1.22. The fourth-order valence-electron chi connectivity index (χ4n) is 0.144. The number of rotatable bonds is 0. The zero-order chi connectivity index (χ0) is 3.54. The van der Waals surface area contributed by atoms with Crippen LogP contribution in [0.5, 0.6) is 0 Å². The largest absolute Gasteiger partial charge is 0.352 e. The topological polar surface area (TPSA) is 41.6 Å². The SMILES string of the molecule is [Ir].[c-]1c[nH]nn1. The molecule has 4 heteroatoms. The minimum atomic E-state index is 0. The molecular weight excluding hydrogens is 258 g/mol. The Morgan fingerprint density at radius 2 is 2.50 bits per heavy atom. The van der Waals surface area contributed by atoms with E-state index < -0.39 is 0 Å². The molecule has 1 heterocycles. The number of aromatic amines is 1. The molecule has 35 valence electrons. The van der Waals surface area contributed by atoms with Gasteiger partial charge in [-0.25, -0.2) is 0 Å². The third-order valence-corrected chi connectivity index (χ3v) is 0.295. The van der Waals surface area contributed by atoms with Crippen LogP contribution in [0.2, 0.25) is 0 Å². The quantitative estimate of drug-likeness (QED) is 0.645. The molecular formula is C2H2IrN3-. The van der Waals surface area contributed by atoms with Crippen molar-refractivity contribution in [2.24, 2.45) is 0 Å². The molecule has 0 aromatic carbocycles. The molecule has 1 rings (SSSR count). The normalized spacial score (nSPS) is 6.67. The van der Waals surface area contributed by atoms with Gasteiger partial charge in [0.25, 0.3) is 0 Å². The average molecular weight is 260 g/mol. The molecule has 0 fully saturated rings. The molecule has 0 bridgehead atoms. The van der Waals surface area contributed by atoms with Gasteiger partial charge in [0.1, 0.15) is 0 Å². The van der Waals surface area contributed by atoms with Crippen LogP contribution in [0.1, 0.15) is 0 Å². The van der Waals surface area contributed by atoms with Crippen LogP contribution < -0.4 is 0 Å². The molecule has 0 unspecified atom stereocenters. The van der Waals surface area contributed by atoms with E-state index in [2.05, 4.69) is 21.6 Å². The molecule has 0 amide bonds. The van der Waals surface area contributed by atoms with Crippen LogP contribution in [0, 0.1) is 6.20 Å². The minimum Gasteiger partial charge on any atom is -0.352 e. The van der Waals surface area contributed by atoms with E-state index >= 15 is 0 Å². The number of hydrogen-bond acceptors (Lipinski definition) is 2. The van der Waals surface area contributed by atoms with E-state index in [0.717, 1.165) is 0 Å². The summed E-state index contributed by atoms with van der Waals surface area (Å²) in [6.07, 6.45) is 3.97. The molecule has 3 nitrogen and oxygen atoms in total. The van der Waals surface area contributed by atoms with E-state index in [9.17, 15) is 0 Å². The van der Waals surface area contributed by atoms with Gasteiger partial charge in [-0.1, -0.05) is 0 Å². The summed E-state index contributed by atoms with van der Waals surface area (Å²) >= 11 is 0. The summed E-state index contributed by atoms with van der Waals surface area (Å²) in [5, 5.41) is 9.03. The van der Waals surface area contributed by atoms with Crippen molar-refractivity contribution in [3.63, 3.8) is 0 Å². The molecule has 0 atom stereocenters. The monoisotopic (exact) mass is 261 g/mol. The number of aromatic nitrogens is 3. The van der Waals surface area contributed by atoms with Crippen molar-refractivity contribution < 1.29 is 20.1 Å². The molecule has 0 spiro atoms. The second-order valence-corrected chi connectivity index (χ2v) is 0.603. The van der Waals surface area contributed by atoms with Crippen LogP contribution in [0.15, 0.2) is 6.20 Å². The van der Waals surface area contributed by atoms with Crippen molar-refractivity contribution in [3.8, 4) is 0 Å². The van der Waals surface area contributed by atoms with Crippen LogP contribution >= 0.6 is 0 Å². The Balaban J connectivity index is 0.000000250. The molecule has 0 aliphatic carbocycles. The maximum absolute atomic E-state index is 3.29. The van der Waals surface area contributed by atoms with Crippen LogP contribution in [0.25, 0.3) is 0 Å². The Bertz CT molecular complexity index is 65.3. The van der Waals surface area contributed by atoms with Crippen LogP contribution in [-0.4, -0.2) is 15.4 Å². The molecule has 0 aliphatic rings. The van der Waals surface area contributed by atoms with E-state index in [1.54, 1.807) is 0 Å². The number of nitrogens with zero attached hydrogens (tertiary/aromatic N) is 2. The molecule has 1 radical (unpaired) electrons. The second kappa shape index (κ2) is 3.00. The minimum absolute atomic E-state index is 0. The summed E-state index contributed by atoms with van der Waals surface area (Å²) in [5.74, 6) is 0. The second-order valence-electron chi connectivity index (χ2n) is 0.603. The van der Waals surface area contributed by atoms with Crippen LogP contribution in [0.3, 0.4) is 0 Å². The van der Waals surface area contributed by atoms with Gasteiger partial charge < -0.3 is 16.4 Å². The Kier molecular flexibility index (Phi) is 2.89. The fraction of sp³-hybridized carbons (Fsp3) is 0. The van der Waals surface area contributed by atoms with Gasteiger partial charge in [0, 0.05) is 20.1 Å². The van der Waals surface area contributed by atoms with E-state index in [-0.39, 0.29) is 20.1 Å². The van der Waals surface area contributed by atoms with Crippen molar-refractivity contribution in [2.45, 2.75) is 0 Å². The van der Waals surface area contributed by atoms with Gasteiger partial charge in [-0.2, -0.15) is 0 Å². The molecule has 0 saturated carbocycles. The smallest absolute Gasteiger partial charge is 0 e. The molecule has 1 N–H and O–H groups in total. The zero-order valence-electron chi connectivity index (χ0n) is 2.81. The van der Waals surface area contributed by atoms with Gasteiger partial charge in [0.2, 0.25) is 0 Å². The third-order valence-electron chi connectivity index (χ3n) is 0.295. The summed E-state index contributed by atoms with van der Waals surface area (Å²) in [7, 11) is 0.